The lowest BCUT2D eigenvalue weighted by atomic mass is 10.1. The normalized spacial score (nSPS) is 14.8. The van der Waals surface area contributed by atoms with Crippen LogP contribution in [0.3, 0.4) is 0 Å². The zero-order valence-corrected chi connectivity index (χ0v) is 13.4. The Hall–Kier alpha value is -1.59. The molecule has 1 fully saturated rings. The Morgan fingerprint density at radius 3 is 2.62 bits per heavy atom. The van der Waals surface area contributed by atoms with Crippen molar-refractivity contribution in [3.05, 3.63) is 0 Å². The Kier molecular flexibility index (Phi) is 6.02. The number of aromatic nitrogens is 3. The van der Waals surface area contributed by atoms with Crippen molar-refractivity contribution in [2.75, 3.05) is 36.5 Å². The maximum absolute atomic E-state index is 5.71. The largest absolute Gasteiger partial charge is 0.463 e. The molecule has 1 saturated heterocycles. The van der Waals surface area contributed by atoms with Gasteiger partial charge in [-0.2, -0.15) is 15.0 Å². The summed E-state index contributed by atoms with van der Waals surface area (Å²) in [7, 11) is 0. The van der Waals surface area contributed by atoms with Gasteiger partial charge in [-0.1, -0.05) is 13.8 Å². The fourth-order valence-corrected chi connectivity index (χ4v) is 2.36. The highest BCUT2D eigenvalue weighted by atomic mass is 16.5. The average Bonchev–Trinajstić information content (AvgIpc) is 2.98. The molecule has 21 heavy (non-hydrogen) atoms. The van der Waals surface area contributed by atoms with Gasteiger partial charge in [0.2, 0.25) is 11.9 Å². The summed E-state index contributed by atoms with van der Waals surface area (Å²) in [6.45, 7) is 9.95. The molecule has 0 unspecified atom stereocenters. The predicted molar refractivity (Wildman–Crippen MR) is 85.0 cm³/mol. The molecular formula is C15H27N5O. The van der Waals surface area contributed by atoms with Crippen molar-refractivity contribution in [3.63, 3.8) is 0 Å². The van der Waals surface area contributed by atoms with Crippen LogP contribution in [0.25, 0.3) is 0 Å². The fraction of sp³-hybridized carbons (Fsp3) is 0.800. The third-order valence-corrected chi connectivity index (χ3v) is 3.48. The molecule has 118 valence electrons. The van der Waals surface area contributed by atoms with Crippen LogP contribution in [-0.4, -0.2) is 41.2 Å². The maximum Gasteiger partial charge on any atom is 0.323 e. The quantitative estimate of drug-likeness (QED) is 0.744. The van der Waals surface area contributed by atoms with E-state index in [9.17, 15) is 0 Å². The van der Waals surface area contributed by atoms with E-state index >= 15 is 0 Å². The van der Waals surface area contributed by atoms with Gasteiger partial charge in [-0.3, -0.25) is 0 Å². The van der Waals surface area contributed by atoms with Crippen molar-refractivity contribution in [1.82, 2.24) is 15.0 Å². The van der Waals surface area contributed by atoms with Crippen molar-refractivity contribution in [2.45, 2.75) is 46.5 Å². The molecular weight excluding hydrogens is 266 g/mol. The second kappa shape index (κ2) is 8.00. The number of anilines is 2. The molecule has 1 aromatic rings. The van der Waals surface area contributed by atoms with E-state index in [1.807, 2.05) is 6.92 Å². The average molecular weight is 293 g/mol. The first-order valence-corrected chi connectivity index (χ1v) is 8.06. The molecule has 0 radical (unpaired) electrons. The molecule has 1 aromatic heterocycles. The van der Waals surface area contributed by atoms with E-state index in [1.165, 1.54) is 12.8 Å². The third kappa shape index (κ3) is 5.02. The molecule has 6 nitrogen and oxygen atoms in total. The monoisotopic (exact) mass is 293 g/mol. The van der Waals surface area contributed by atoms with Crippen LogP contribution in [0, 0.1) is 5.92 Å². The van der Waals surface area contributed by atoms with E-state index in [1.54, 1.807) is 0 Å². The van der Waals surface area contributed by atoms with Crippen LogP contribution in [-0.2, 0) is 0 Å². The van der Waals surface area contributed by atoms with Crippen LogP contribution in [0.2, 0.25) is 0 Å². The molecule has 0 saturated carbocycles. The van der Waals surface area contributed by atoms with Crippen LogP contribution >= 0.6 is 0 Å². The molecule has 1 aliphatic rings. The Bertz CT molecular complexity index is 432. The van der Waals surface area contributed by atoms with Gasteiger partial charge in [-0.05, 0) is 38.5 Å². The summed E-state index contributed by atoms with van der Waals surface area (Å²) in [6, 6.07) is 0.437. The highest BCUT2D eigenvalue weighted by Crippen LogP contribution is 2.19. The van der Waals surface area contributed by atoms with Crippen molar-refractivity contribution >= 4 is 11.9 Å². The zero-order valence-electron chi connectivity index (χ0n) is 13.4. The fourth-order valence-electron chi connectivity index (χ4n) is 2.36. The Labute approximate surface area is 127 Å². The van der Waals surface area contributed by atoms with Crippen LogP contribution in [0.1, 0.15) is 46.5 Å². The van der Waals surface area contributed by atoms with Gasteiger partial charge >= 0.3 is 6.01 Å². The highest BCUT2D eigenvalue weighted by Gasteiger charge is 2.17. The van der Waals surface area contributed by atoms with E-state index in [0.29, 0.717) is 24.5 Å². The topological polar surface area (TPSA) is 63.2 Å². The van der Waals surface area contributed by atoms with Crippen molar-refractivity contribution in [3.8, 4) is 6.01 Å². The summed E-state index contributed by atoms with van der Waals surface area (Å²) in [5.41, 5.74) is 0. The molecule has 2 rings (SSSR count). The number of nitrogens with one attached hydrogen (secondary N) is 1. The molecule has 1 aliphatic heterocycles. The molecule has 0 aliphatic carbocycles. The van der Waals surface area contributed by atoms with Crippen molar-refractivity contribution in [2.24, 2.45) is 5.92 Å². The second-order valence-electron chi connectivity index (χ2n) is 5.85. The highest BCUT2D eigenvalue weighted by molar-refractivity contribution is 5.39. The van der Waals surface area contributed by atoms with Crippen LogP contribution < -0.4 is 15.0 Å². The van der Waals surface area contributed by atoms with Crippen molar-refractivity contribution in [1.29, 1.82) is 0 Å². The van der Waals surface area contributed by atoms with Crippen molar-refractivity contribution < 1.29 is 4.74 Å². The number of nitrogens with zero attached hydrogens (tertiary/aromatic N) is 4. The van der Waals surface area contributed by atoms with Gasteiger partial charge in [0, 0.05) is 19.6 Å². The Morgan fingerprint density at radius 1 is 1.19 bits per heavy atom. The van der Waals surface area contributed by atoms with Crippen LogP contribution in [0.15, 0.2) is 0 Å². The van der Waals surface area contributed by atoms with Gasteiger partial charge < -0.3 is 15.0 Å². The SMILES string of the molecule is CCNc1nc(OCCCC(C)C)nc(N2CCCC2)n1. The molecule has 0 spiro atoms. The number of hydrogen-bond donors (Lipinski definition) is 1. The summed E-state index contributed by atoms with van der Waals surface area (Å²) < 4.78 is 5.71. The minimum atomic E-state index is 0.437. The molecule has 0 amide bonds. The summed E-state index contributed by atoms with van der Waals surface area (Å²) in [5.74, 6) is 2.04. The van der Waals surface area contributed by atoms with Gasteiger partial charge in [-0.15, -0.1) is 0 Å². The van der Waals surface area contributed by atoms with Gasteiger partial charge in [-0.25, -0.2) is 0 Å². The number of ether oxygens (including phenoxy) is 1. The van der Waals surface area contributed by atoms with E-state index < -0.39 is 0 Å². The van der Waals surface area contributed by atoms with Gasteiger partial charge in [0.15, 0.2) is 0 Å². The Morgan fingerprint density at radius 2 is 1.95 bits per heavy atom. The molecule has 0 atom stereocenters. The minimum Gasteiger partial charge on any atom is -0.463 e. The summed E-state index contributed by atoms with van der Waals surface area (Å²) in [5, 5.41) is 3.15. The third-order valence-electron chi connectivity index (χ3n) is 3.48. The summed E-state index contributed by atoms with van der Waals surface area (Å²) in [4.78, 5) is 15.5. The second-order valence-corrected chi connectivity index (χ2v) is 5.85. The van der Waals surface area contributed by atoms with Crippen LogP contribution in [0.5, 0.6) is 6.01 Å². The molecule has 1 N–H and O–H groups in total. The van der Waals surface area contributed by atoms with Crippen LogP contribution in [0.4, 0.5) is 11.9 Å². The van der Waals surface area contributed by atoms with E-state index in [0.717, 1.165) is 38.4 Å². The first kappa shape index (κ1) is 15.8. The summed E-state index contributed by atoms with van der Waals surface area (Å²) >= 11 is 0. The molecule has 6 heteroatoms. The summed E-state index contributed by atoms with van der Waals surface area (Å²) in [6.07, 6.45) is 4.59. The molecule has 0 aromatic carbocycles. The standard InChI is InChI=1S/C15H27N5O/c1-4-16-13-17-14(20-9-5-6-10-20)19-15(18-13)21-11-7-8-12(2)3/h12H,4-11H2,1-3H3,(H,16,17,18,19). The maximum atomic E-state index is 5.71. The van der Waals surface area contributed by atoms with Gasteiger partial charge in [0.25, 0.3) is 0 Å². The zero-order chi connectivity index (χ0) is 15.1. The number of rotatable bonds is 8. The van der Waals surface area contributed by atoms with E-state index in [-0.39, 0.29) is 0 Å². The first-order chi connectivity index (χ1) is 10.2. The lowest BCUT2D eigenvalue weighted by molar-refractivity contribution is 0.275. The Balaban J connectivity index is 2.00. The predicted octanol–water partition coefficient (Wildman–Crippen LogP) is 2.72. The molecule has 0 bridgehead atoms. The van der Waals surface area contributed by atoms with Gasteiger partial charge in [0.05, 0.1) is 6.61 Å². The first-order valence-electron chi connectivity index (χ1n) is 8.06. The van der Waals surface area contributed by atoms with Gasteiger partial charge in [0.1, 0.15) is 0 Å². The lowest BCUT2D eigenvalue weighted by Crippen LogP contribution is -2.22. The smallest absolute Gasteiger partial charge is 0.323 e. The minimum absolute atomic E-state index is 0.437. The lowest BCUT2D eigenvalue weighted by Gasteiger charge is -2.16. The van der Waals surface area contributed by atoms with E-state index in [4.69, 9.17) is 4.74 Å². The molecule has 2 heterocycles. The van der Waals surface area contributed by atoms with E-state index in [2.05, 4.69) is 39.0 Å². The number of hydrogen-bond acceptors (Lipinski definition) is 6.